The lowest BCUT2D eigenvalue weighted by atomic mass is 10.0. The predicted molar refractivity (Wildman–Crippen MR) is 102 cm³/mol. The molecular formula is C20H30F2N2O4. The van der Waals surface area contributed by atoms with Crippen LogP contribution in [0.1, 0.15) is 52.1 Å². The first-order valence-electron chi connectivity index (χ1n) is 9.21. The lowest BCUT2D eigenvalue weighted by molar-refractivity contribution is -0.147. The zero-order chi connectivity index (χ0) is 21.5. The first kappa shape index (κ1) is 23.8. The minimum atomic E-state index is -1.29. The molecule has 1 aromatic rings. The van der Waals surface area contributed by atoms with Gasteiger partial charge in [-0.05, 0) is 46.4 Å². The third-order valence-corrected chi connectivity index (χ3v) is 4.00. The zero-order valence-electron chi connectivity index (χ0n) is 17.3. The molecule has 0 saturated carbocycles. The molecule has 1 aromatic carbocycles. The SMILES string of the molecule is CCC[C@H](CN(C)[C@@H](C(=O)OC)c1c(F)cccc1F)NC(=O)OC(C)(C)C. The number of nitrogens with zero attached hydrogens (tertiary/aromatic N) is 1. The van der Waals surface area contributed by atoms with E-state index in [4.69, 9.17) is 9.47 Å². The molecule has 0 saturated heterocycles. The van der Waals surface area contributed by atoms with Gasteiger partial charge in [0.2, 0.25) is 0 Å². The van der Waals surface area contributed by atoms with Gasteiger partial charge in [0.15, 0.2) is 0 Å². The van der Waals surface area contributed by atoms with E-state index in [2.05, 4.69) is 5.32 Å². The molecule has 0 spiro atoms. The quantitative estimate of drug-likeness (QED) is 0.672. The summed E-state index contributed by atoms with van der Waals surface area (Å²) in [7, 11) is 2.71. The summed E-state index contributed by atoms with van der Waals surface area (Å²) in [5.41, 5.74) is -1.04. The number of nitrogens with one attached hydrogen (secondary N) is 1. The average molecular weight is 400 g/mol. The number of rotatable bonds is 8. The average Bonchev–Trinajstić information content (AvgIpc) is 2.55. The van der Waals surface area contributed by atoms with E-state index in [0.29, 0.717) is 6.42 Å². The van der Waals surface area contributed by atoms with E-state index in [1.807, 2.05) is 6.92 Å². The van der Waals surface area contributed by atoms with Gasteiger partial charge in [-0.2, -0.15) is 0 Å². The van der Waals surface area contributed by atoms with Crippen LogP contribution in [0.2, 0.25) is 0 Å². The number of hydrogen-bond acceptors (Lipinski definition) is 5. The largest absolute Gasteiger partial charge is 0.468 e. The van der Waals surface area contributed by atoms with Crippen LogP contribution >= 0.6 is 0 Å². The van der Waals surface area contributed by atoms with Crippen LogP contribution in [-0.4, -0.2) is 49.3 Å². The highest BCUT2D eigenvalue weighted by Gasteiger charge is 2.33. The Bertz CT molecular complexity index is 656. The third kappa shape index (κ3) is 7.07. The second kappa shape index (κ2) is 10.4. The Balaban J connectivity index is 3.05. The highest BCUT2D eigenvalue weighted by molar-refractivity contribution is 5.77. The van der Waals surface area contributed by atoms with Crippen molar-refractivity contribution < 1.29 is 27.8 Å². The number of ether oxygens (including phenoxy) is 2. The maximum absolute atomic E-state index is 14.3. The topological polar surface area (TPSA) is 67.9 Å². The number of carbonyl (C=O) groups excluding carboxylic acids is 2. The van der Waals surface area contributed by atoms with Gasteiger partial charge in [-0.1, -0.05) is 19.4 Å². The maximum atomic E-state index is 14.3. The molecule has 2 atom stereocenters. The first-order valence-corrected chi connectivity index (χ1v) is 9.21. The van der Waals surface area contributed by atoms with Crippen LogP contribution in [0, 0.1) is 11.6 Å². The normalized spacial score (nSPS) is 13.8. The standard InChI is InChI=1S/C20H30F2N2O4/c1-7-9-13(23-19(26)28-20(2,3)4)12-24(5)17(18(25)27-6)16-14(21)10-8-11-15(16)22/h8,10-11,13,17H,7,9,12H2,1-6H3,(H,23,26)/t13-,17-/m1/s1. The Morgan fingerprint density at radius 3 is 2.25 bits per heavy atom. The van der Waals surface area contributed by atoms with Crippen molar-refractivity contribution in [1.29, 1.82) is 0 Å². The Kier molecular flexibility index (Phi) is 8.81. The molecule has 1 amide bonds. The number of alkyl carbamates (subject to hydrolysis) is 1. The van der Waals surface area contributed by atoms with Gasteiger partial charge in [-0.25, -0.2) is 18.4 Å². The van der Waals surface area contributed by atoms with Crippen molar-refractivity contribution in [3.05, 3.63) is 35.4 Å². The van der Waals surface area contributed by atoms with Crippen LogP contribution in [0.25, 0.3) is 0 Å². The Hall–Kier alpha value is -2.22. The fourth-order valence-corrected chi connectivity index (χ4v) is 2.89. The number of benzene rings is 1. The lowest BCUT2D eigenvalue weighted by Crippen LogP contribution is -2.46. The van der Waals surface area contributed by atoms with Gasteiger partial charge in [0.1, 0.15) is 23.3 Å². The minimum Gasteiger partial charge on any atom is -0.468 e. The van der Waals surface area contributed by atoms with E-state index in [1.54, 1.807) is 27.8 Å². The van der Waals surface area contributed by atoms with Crippen molar-refractivity contribution in [2.45, 2.75) is 58.2 Å². The molecule has 0 aliphatic carbocycles. The van der Waals surface area contributed by atoms with Crippen LogP contribution in [0.4, 0.5) is 13.6 Å². The van der Waals surface area contributed by atoms with E-state index >= 15 is 0 Å². The fourth-order valence-electron chi connectivity index (χ4n) is 2.89. The predicted octanol–water partition coefficient (Wildman–Crippen LogP) is 3.80. The zero-order valence-corrected chi connectivity index (χ0v) is 17.3. The summed E-state index contributed by atoms with van der Waals surface area (Å²) in [5, 5.41) is 2.76. The molecule has 0 bridgehead atoms. The number of amides is 1. The molecule has 8 heteroatoms. The van der Waals surface area contributed by atoms with E-state index < -0.39 is 35.3 Å². The molecule has 158 valence electrons. The summed E-state index contributed by atoms with van der Waals surface area (Å²) in [6.45, 7) is 7.37. The smallest absolute Gasteiger partial charge is 0.407 e. The number of halogens is 2. The molecule has 28 heavy (non-hydrogen) atoms. The highest BCUT2D eigenvalue weighted by atomic mass is 19.1. The Morgan fingerprint density at radius 2 is 1.79 bits per heavy atom. The first-order chi connectivity index (χ1) is 13.0. The van der Waals surface area contributed by atoms with Crippen LogP contribution in [-0.2, 0) is 14.3 Å². The van der Waals surface area contributed by atoms with Crippen LogP contribution in [0.3, 0.4) is 0 Å². The molecule has 0 radical (unpaired) electrons. The molecule has 0 heterocycles. The molecule has 0 unspecified atom stereocenters. The second-order valence-corrected chi connectivity index (χ2v) is 7.63. The van der Waals surface area contributed by atoms with E-state index in [9.17, 15) is 18.4 Å². The summed E-state index contributed by atoms with van der Waals surface area (Å²) in [6.07, 6.45) is 0.758. The van der Waals surface area contributed by atoms with Crippen molar-refractivity contribution in [3.63, 3.8) is 0 Å². The van der Waals surface area contributed by atoms with Crippen molar-refractivity contribution >= 4 is 12.1 Å². The van der Waals surface area contributed by atoms with Crippen molar-refractivity contribution in [1.82, 2.24) is 10.2 Å². The molecule has 1 rings (SSSR count). The summed E-state index contributed by atoms with van der Waals surface area (Å²) in [6, 6.07) is 1.74. The van der Waals surface area contributed by atoms with Gasteiger partial charge in [0.25, 0.3) is 0 Å². The van der Waals surface area contributed by atoms with Gasteiger partial charge in [0, 0.05) is 12.6 Å². The van der Waals surface area contributed by atoms with Crippen molar-refractivity contribution in [2.75, 3.05) is 20.7 Å². The van der Waals surface area contributed by atoms with Crippen LogP contribution in [0.15, 0.2) is 18.2 Å². The second-order valence-electron chi connectivity index (χ2n) is 7.63. The number of likely N-dealkylation sites (N-methyl/N-ethyl adjacent to an activating group) is 1. The summed E-state index contributed by atoms with van der Waals surface area (Å²) < 4.78 is 38.6. The number of hydrogen-bond donors (Lipinski definition) is 1. The molecule has 0 fully saturated rings. The number of esters is 1. The van der Waals surface area contributed by atoms with E-state index in [1.165, 1.54) is 11.0 Å². The molecule has 0 aliphatic rings. The molecule has 1 N–H and O–H groups in total. The van der Waals surface area contributed by atoms with Gasteiger partial charge in [0.05, 0.1) is 12.7 Å². The van der Waals surface area contributed by atoms with Crippen molar-refractivity contribution in [2.24, 2.45) is 0 Å². The number of methoxy groups -OCH3 is 1. The van der Waals surface area contributed by atoms with Gasteiger partial charge < -0.3 is 14.8 Å². The fraction of sp³-hybridized carbons (Fsp3) is 0.600. The maximum Gasteiger partial charge on any atom is 0.407 e. The van der Waals surface area contributed by atoms with Crippen LogP contribution in [0.5, 0.6) is 0 Å². The number of carbonyl (C=O) groups is 2. The Morgan fingerprint density at radius 1 is 1.21 bits per heavy atom. The minimum absolute atomic E-state index is 0.167. The molecule has 0 aromatic heterocycles. The third-order valence-electron chi connectivity index (χ3n) is 4.00. The summed E-state index contributed by atoms with van der Waals surface area (Å²) >= 11 is 0. The van der Waals surface area contributed by atoms with Crippen LogP contribution < -0.4 is 5.32 Å². The molecular weight excluding hydrogens is 370 g/mol. The van der Waals surface area contributed by atoms with Gasteiger partial charge in [-0.3, -0.25) is 4.90 Å². The molecule has 6 nitrogen and oxygen atoms in total. The highest BCUT2D eigenvalue weighted by Crippen LogP contribution is 2.27. The summed E-state index contributed by atoms with van der Waals surface area (Å²) in [4.78, 5) is 25.9. The van der Waals surface area contributed by atoms with Gasteiger partial charge >= 0.3 is 12.1 Å². The monoisotopic (exact) mass is 400 g/mol. The summed E-state index contributed by atoms with van der Waals surface area (Å²) in [5.74, 6) is -2.47. The van der Waals surface area contributed by atoms with Gasteiger partial charge in [-0.15, -0.1) is 0 Å². The lowest BCUT2D eigenvalue weighted by Gasteiger charge is -2.31. The Labute approximate surface area is 165 Å². The van der Waals surface area contributed by atoms with Crippen molar-refractivity contribution in [3.8, 4) is 0 Å². The van der Waals surface area contributed by atoms with E-state index in [0.717, 1.165) is 25.7 Å². The molecule has 0 aliphatic heterocycles. The van der Waals surface area contributed by atoms with E-state index in [-0.39, 0.29) is 18.2 Å².